The van der Waals surface area contributed by atoms with E-state index in [0.29, 0.717) is 5.69 Å². The summed E-state index contributed by atoms with van der Waals surface area (Å²) in [5, 5.41) is 6.03. The molecule has 0 aliphatic carbocycles. The number of benzene rings is 1. The second-order valence-electron chi connectivity index (χ2n) is 2.77. The summed E-state index contributed by atoms with van der Waals surface area (Å²) in [6, 6.07) is 8.70. The van der Waals surface area contributed by atoms with E-state index in [2.05, 4.69) is 10.3 Å². The second kappa shape index (κ2) is 3.43. The SMILES string of the molecule is O=S(=O)(F)c1cn(-c2ccccc2)nn1. The third-order valence-electron chi connectivity index (χ3n) is 1.74. The maximum atomic E-state index is 12.5. The molecule has 15 heavy (non-hydrogen) atoms. The standard InChI is InChI=1S/C8H6FN3O2S/c9-15(13,14)8-6-12(11-10-8)7-4-2-1-3-5-7/h1-6H. The van der Waals surface area contributed by atoms with E-state index in [0.717, 1.165) is 6.20 Å². The van der Waals surface area contributed by atoms with Gasteiger partial charge in [0.25, 0.3) is 0 Å². The van der Waals surface area contributed by atoms with Crippen LogP contribution in [0.3, 0.4) is 0 Å². The van der Waals surface area contributed by atoms with E-state index >= 15 is 0 Å². The molecule has 0 aliphatic rings. The number of aromatic nitrogens is 3. The van der Waals surface area contributed by atoms with E-state index in [-0.39, 0.29) is 0 Å². The van der Waals surface area contributed by atoms with Crippen LogP contribution in [0.4, 0.5) is 3.89 Å². The Morgan fingerprint density at radius 2 is 1.87 bits per heavy atom. The fourth-order valence-electron chi connectivity index (χ4n) is 1.07. The molecule has 0 unspecified atom stereocenters. The molecule has 0 aliphatic heterocycles. The van der Waals surface area contributed by atoms with Crippen molar-refractivity contribution in [1.29, 1.82) is 0 Å². The van der Waals surface area contributed by atoms with Gasteiger partial charge in [-0.3, -0.25) is 0 Å². The molecular weight excluding hydrogens is 221 g/mol. The van der Waals surface area contributed by atoms with Crippen molar-refractivity contribution in [2.45, 2.75) is 5.03 Å². The molecule has 2 aromatic rings. The van der Waals surface area contributed by atoms with Crippen LogP contribution in [0.15, 0.2) is 41.6 Å². The number of rotatable bonds is 2. The lowest BCUT2D eigenvalue weighted by Gasteiger charge is -1.96. The van der Waals surface area contributed by atoms with Crippen LogP contribution in [0.2, 0.25) is 0 Å². The highest BCUT2D eigenvalue weighted by molar-refractivity contribution is 7.86. The van der Waals surface area contributed by atoms with Gasteiger partial charge in [0.05, 0.1) is 11.9 Å². The highest BCUT2D eigenvalue weighted by Crippen LogP contribution is 2.10. The van der Waals surface area contributed by atoms with Gasteiger partial charge in [0, 0.05) is 0 Å². The summed E-state index contributed by atoms with van der Waals surface area (Å²) in [7, 11) is -4.78. The van der Waals surface area contributed by atoms with Crippen LogP contribution in [0.1, 0.15) is 0 Å². The van der Waals surface area contributed by atoms with Crippen molar-refractivity contribution in [3.8, 4) is 5.69 Å². The predicted molar refractivity (Wildman–Crippen MR) is 49.7 cm³/mol. The van der Waals surface area contributed by atoms with Crippen LogP contribution in [0.5, 0.6) is 0 Å². The predicted octanol–water partition coefficient (Wildman–Crippen LogP) is 0.925. The molecule has 0 radical (unpaired) electrons. The van der Waals surface area contributed by atoms with E-state index in [4.69, 9.17) is 0 Å². The molecule has 0 fully saturated rings. The Morgan fingerprint density at radius 1 is 1.20 bits per heavy atom. The summed E-state index contributed by atoms with van der Waals surface area (Å²) in [6.45, 7) is 0. The fourth-order valence-corrected chi connectivity index (χ4v) is 1.43. The third kappa shape index (κ3) is 2.01. The van der Waals surface area contributed by atoms with Crippen molar-refractivity contribution in [3.63, 3.8) is 0 Å². The second-order valence-corrected chi connectivity index (χ2v) is 4.07. The molecule has 1 heterocycles. The smallest absolute Gasteiger partial charge is 0.219 e. The van der Waals surface area contributed by atoms with Crippen molar-refractivity contribution < 1.29 is 12.3 Å². The lowest BCUT2D eigenvalue weighted by molar-refractivity contribution is 0.547. The third-order valence-corrected chi connectivity index (χ3v) is 2.43. The topological polar surface area (TPSA) is 64.8 Å². The molecule has 1 aromatic heterocycles. The molecule has 0 saturated heterocycles. The molecule has 0 N–H and O–H groups in total. The molecule has 2 rings (SSSR count). The Kier molecular flexibility index (Phi) is 2.24. The van der Waals surface area contributed by atoms with Gasteiger partial charge in [-0.2, -0.15) is 8.42 Å². The largest absolute Gasteiger partial charge is 0.353 e. The van der Waals surface area contributed by atoms with Gasteiger partial charge >= 0.3 is 10.2 Å². The Morgan fingerprint density at radius 3 is 2.40 bits per heavy atom. The summed E-state index contributed by atoms with van der Waals surface area (Å²) in [5.41, 5.74) is 0.611. The summed E-state index contributed by atoms with van der Waals surface area (Å²) < 4.78 is 34.7. The molecule has 78 valence electrons. The zero-order valence-corrected chi connectivity index (χ0v) is 8.22. The van der Waals surface area contributed by atoms with E-state index < -0.39 is 15.2 Å². The van der Waals surface area contributed by atoms with Crippen LogP contribution in [-0.4, -0.2) is 23.4 Å². The van der Waals surface area contributed by atoms with E-state index in [9.17, 15) is 12.3 Å². The van der Waals surface area contributed by atoms with E-state index in [1.807, 2.05) is 0 Å². The number of hydrogen-bond donors (Lipinski definition) is 0. The highest BCUT2D eigenvalue weighted by atomic mass is 32.3. The average Bonchev–Trinajstić information content (AvgIpc) is 2.67. The van der Waals surface area contributed by atoms with Gasteiger partial charge in [-0.15, -0.1) is 5.10 Å². The minimum Gasteiger partial charge on any atom is -0.219 e. The first kappa shape index (κ1) is 9.78. The molecule has 1 aromatic carbocycles. The van der Waals surface area contributed by atoms with Gasteiger partial charge in [0.1, 0.15) is 0 Å². The van der Waals surface area contributed by atoms with Gasteiger partial charge in [-0.1, -0.05) is 27.3 Å². The van der Waals surface area contributed by atoms with Crippen molar-refractivity contribution in [2.24, 2.45) is 0 Å². The number of para-hydroxylation sites is 1. The molecule has 0 bridgehead atoms. The van der Waals surface area contributed by atoms with Crippen molar-refractivity contribution in [3.05, 3.63) is 36.5 Å². The minimum absolute atomic E-state index is 0.611. The number of nitrogens with zero attached hydrogens (tertiary/aromatic N) is 3. The first-order chi connectivity index (χ1) is 7.07. The van der Waals surface area contributed by atoms with E-state index in [1.54, 1.807) is 30.3 Å². The lowest BCUT2D eigenvalue weighted by atomic mass is 10.3. The van der Waals surface area contributed by atoms with Gasteiger partial charge in [0.2, 0.25) is 5.03 Å². The Hall–Kier alpha value is -1.76. The normalized spacial score (nSPS) is 11.5. The highest BCUT2D eigenvalue weighted by Gasteiger charge is 2.16. The molecule has 5 nitrogen and oxygen atoms in total. The first-order valence-electron chi connectivity index (χ1n) is 4.00. The molecule has 0 atom stereocenters. The number of hydrogen-bond acceptors (Lipinski definition) is 4. The Balaban J connectivity index is 2.46. The molecular formula is C8H6FN3O2S. The monoisotopic (exact) mass is 227 g/mol. The van der Waals surface area contributed by atoms with Crippen LogP contribution in [-0.2, 0) is 10.2 Å². The summed E-state index contributed by atoms with van der Waals surface area (Å²) >= 11 is 0. The van der Waals surface area contributed by atoms with Crippen LogP contribution in [0.25, 0.3) is 5.69 Å². The molecule has 0 saturated carbocycles. The maximum Gasteiger partial charge on any atom is 0.353 e. The zero-order chi connectivity index (χ0) is 10.9. The van der Waals surface area contributed by atoms with Crippen molar-refractivity contribution >= 4 is 10.2 Å². The van der Waals surface area contributed by atoms with Gasteiger partial charge in [0.15, 0.2) is 0 Å². The number of halogens is 1. The fraction of sp³-hybridized carbons (Fsp3) is 0. The van der Waals surface area contributed by atoms with E-state index in [1.165, 1.54) is 4.68 Å². The van der Waals surface area contributed by atoms with Gasteiger partial charge < -0.3 is 0 Å². The first-order valence-corrected chi connectivity index (χ1v) is 5.38. The van der Waals surface area contributed by atoms with Crippen LogP contribution in [0, 0.1) is 0 Å². The average molecular weight is 227 g/mol. The van der Waals surface area contributed by atoms with Crippen molar-refractivity contribution in [2.75, 3.05) is 0 Å². The van der Waals surface area contributed by atoms with Crippen molar-refractivity contribution in [1.82, 2.24) is 15.0 Å². The Labute approximate surface area is 85.4 Å². The van der Waals surface area contributed by atoms with Crippen LogP contribution < -0.4 is 0 Å². The molecule has 7 heteroatoms. The molecule has 0 spiro atoms. The summed E-state index contributed by atoms with van der Waals surface area (Å²) in [5.74, 6) is 0. The summed E-state index contributed by atoms with van der Waals surface area (Å²) in [6.07, 6.45) is 1.02. The maximum absolute atomic E-state index is 12.5. The quantitative estimate of drug-likeness (QED) is 0.716. The minimum atomic E-state index is -4.78. The van der Waals surface area contributed by atoms with Crippen LogP contribution >= 0.6 is 0 Å². The Bertz CT molecular complexity index is 565. The summed E-state index contributed by atoms with van der Waals surface area (Å²) in [4.78, 5) is 0. The zero-order valence-electron chi connectivity index (χ0n) is 7.41. The molecule has 0 amide bonds. The van der Waals surface area contributed by atoms with Gasteiger partial charge in [-0.05, 0) is 12.1 Å². The lowest BCUT2D eigenvalue weighted by Crippen LogP contribution is -1.93. The van der Waals surface area contributed by atoms with Gasteiger partial charge in [-0.25, -0.2) is 4.68 Å².